The normalized spacial score (nSPS) is 10.6. The van der Waals surface area contributed by atoms with Crippen molar-refractivity contribution in [3.63, 3.8) is 0 Å². The molecule has 0 unspecified atom stereocenters. The summed E-state index contributed by atoms with van der Waals surface area (Å²) in [4.78, 5) is 12.0. The van der Waals surface area contributed by atoms with Crippen LogP contribution in [0.2, 0.25) is 0 Å². The van der Waals surface area contributed by atoms with Gasteiger partial charge in [0.1, 0.15) is 0 Å². The van der Waals surface area contributed by atoms with Gasteiger partial charge in [-0.1, -0.05) is 24.3 Å². The molecule has 2 aromatic rings. The lowest BCUT2D eigenvalue weighted by Crippen LogP contribution is -1.96. The Balaban J connectivity index is 2.19. The van der Waals surface area contributed by atoms with E-state index in [4.69, 9.17) is 15.2 Å². The summed E-state index contributed by atoms with van der Waals surface area (Å²) in [6, 6.07) is 12.3. The van der Waals surface area contributed by atoms with E-state index < -0.39 is 0 Å². The number of nitrogen functional groups attached to an aromatic ring is 1. The molecule has 108 valence electrons. The van der Waals surface area contributed by atoms with Crippen LogP contribution >= 0.6 is 0 Å². The SMILES string of the molecule is COc1ccc(/C=C/C(=O)c2cccc(N)c2)cc1OC. The van der Waals surface area contributed by atoms with E-state index in [1.54, 1.807) is 50.6 Å². The number of nitrogens with two attached hydrogens (primary N) is 1. The number of benzene rings is 2. The zero-order valence-corrected chi connectivity index (χ0v) is 12.0. The van der Waals surface area contributed by atoms with E-state index in [0.29, 0.717) is 22.7 Å². The Hall–Kier alpha value is -2.75. The lowest BCUT2D eigenvalue weighted by molar-refractivity contribution is 0.104. The summed E-state index contributed by atoms with van der Waals surface area (Å²) in [5.74, 6) is 1.17. The van der Waals surface area contributed by atoms with Crippen LogP contribution in [0.15, 0.2) is 48.5 Å². The highest BCUT2D eigenvalue weighted by Crippen LogP contribution is 2.28. The first-order valence-electron chi connectivity index (χ1n) is 6.44. The minimum absolute atomic E-state index is 0.0999. The third kappa shape index (κ3) is 3.63. The van der Waals surface area contributed by atoms with E-state index in [-0.39, 0.29) is 5.78 Å². The van der Waals surface area contributed by atoms with Crippen molar-refractivity contribution >= 4 is 17.5 Å². The van der Waals surface area contributed by atoms with Gasteiger partial charge >= 0.3 is 0 Å². The zero-order chi connectivity index (χ0) is 15.2. The van der Waals surface area contributed by atoms with Gasteiger partial charge in [0, 0.05) is 11.3 Å². The topological polar surface area (TPSA) is 61.5 Å². The largest absolute Gasteiger partial charge is 0.493 e. The van der Waals surface area contributed by atoms with E-state index in [2.05, 4.69) is 0 Å². The van der Waals surface area contributed by atoms with Gasteiger partial charge in [0.05, 0.1) is 14.2 Å². The number of anilines is 1. The number of allylic oxidation sites excluding steroid dienone is 1. The van der Waals surface area contributed by atoms with Crippen molar-refractivity contribution in [3.8, 4) is 11.5 Å². The molecular weight excluding hydrogens is 266 g/mol. The van der Waals surface area contributed by atoms with E-state index in [1.165, 1.54) is 6.08 Å². The molecule has 0 aliphatic carbocycles. The summed E-state index contributed by atoms with van der Waals surface area (Å²) in [7, 11) is 3.15. The number of methoxy groups -OCH3 is 2. The fraction of sp³-hybridized carbons (Fsp3) is 0.118. The van der Waals surface area contributed by atoms with Gasteiger partial charge in [0.25, 0.3) is 0 Å². The lowest BCUT2D eigenvalue weighted by atomic mass is 10.1. The van der Waals surface area contributed by atoms with Gasteiger partial charge < -0.3 is 15.2 Å². The summed E-state index contributed by atoms with van der Waals surface area (Å²) in [5, 5.41) is 0. The predicted octanol–water partition coefficient (Wildman–Crippen LogP) is 3.18. The molecule has 0 amide bonds. The van der Waals surface area contributed by atoms with Crippen LogP contribution in [-0.2, 0) is 0 Å². The van der Waals surface area contributed by atoms with Crippen LogP contribution in [0.3, 0.4) is 0 Å². The second kappa shape index (κ2) is 6.61. The summed E-state index contributed by atoms with van der Waals surface area (Å²) < 4.78 is 10.4. The molecule has 4 heteroatoms. The Morgan fingerprint density at radius 2 is 1.81 bits per heavy atom. The molecule has 0 bridgehead atoms. The molecule has 0 spiro atoms. The Kier molecular flexibility index (Phi) is 4.61. The zero-order valence-electron chi connectivity index (χ0n) is 12.0. The maximum atomic E-state index is 12.0. The third-order valence-electron chi connectivity index (χ3n) is 3.01. The summed E-state index contributed by atoms with van der Waals surface area (Å²) in [5.41, 5.74) is 7.65. The number of carbonyl (C=O) groups excluding carboxylic acids is 1. The molecule has 4 nitrogen and oxygen atoms in total. The van der Waals surface area contributed by atoms with E-state index in [0.717, 1.165) is 5.56 Å². The number of carbonyl (C=O) groups is 1. The van der Waals surface area contributed by atoms with Crippen molar-refractivity contribution in [1.29, 1.82) is 0 Å². The van der Waals surface area contributed by atoms with Crippen molar-refractivity contribution in [1.82, 2.24) is 0 Å². The number of rotatable bonds is 5. The highest BCUT2D eigenvalue weighted by Gasteiger charge is 2.04. The molecule has 2 N–H and O–H groups in total. The highest BCUT2D eigenvalue weighted by molar-refractivity contribution is 6.07. The molecule has 0 saturated carbocycles. The molecule has 0 fully saturated rings. The Morgan fingerprint density at radius 3 is 2.48 bits per heavy atom. The van der Waals surface area contributed by atoms with Crippen molar-refractivity contribution in [2.75, 3.05) is 20.0 Å². The van der Waals surface area contributed by atoms with Gasteiger partial charge in [0.2, 0.25) is 0 Å². The van der Waals surface area contributed by atoms with Gasteiger partial charge in [-0.3, -0.25) is 4.79 Å². The fourth-order valence-corrected chi connectivity index (χ4v) is 1.92. The summed E-state index contributed by atoms with van der Waals surface area (Å²) >= 11 is 0. The molecule has 0 heterocycles. The monoisotopic (exact) mass is 283 g/mol. The second-order valence-electron chi connectivity index (χ2n) is 4.44. The van der Waals surface area contributed by atoms with Crippen LogP contribution in [0.25, 0.3) is 6.08 Å². The average Bonchev–Trinajstić information content (AvgIpc) is 2.52. The molecule has 2 aromatic carbocycles. The Labute approximate surface area is 123 Å². The standard InChI is InChI=1S/C17H17NO3/c1-20-16-9-7-12(10-17(16)21-2)6-8-15(19)13-4-3-5-14(18)11-13/h3-11H,18H2,1-2H3/b8-6+. The molecule has 21 heavy (non-hydrogen) atoms. The van der Waals surface area contributed by atoms with E-state index in [1.807, 2.05) is 12.1 Å². The van der Waals surface area contributed by atoms with Crippen LogP contribution in [0.4, 0.5) is 5.69 Å². The maximum Gasteiger partial charge on any atom is 0.185 e. The van der Waals surface area contributed by atoms with E-state index >= 15 is 0 Å². The third-order valence-corrected chi connectivity index (χ3v) is 3.01. The first-order valence-corrected chi connectivity index (χ1v) is 6.44. The number of ketones is 1. The minimum Gasteiger partial charge on any atom is -0.493 e. The van der Waals surface area contributed by atoms with Crippen molar-refractivity contribution in [3.05, 3.63) is 59.7 Å². The maximum absolute atomic E-state index is 12.0. The molecule has 0 aliphatic heterocycles. The van der Waals surface area contributed by atoms with Gasteiger partial charge in [0.15, 0.2) is 17.3 Å². The van der Waals surface area contributed by atoms with E-state index in [9.17, 15) is 4.79 Å². The van der Waals surface area contributed by atoms with Crippen LogP contribution in [0.1, 0.15) is 15.9 Å². The second-order valence-corrected chi connectivity index (χ2v) is 4.44. The smallest absolute Gasteiger partial charge is 0.185 e. The number of hydrogen-bond acceptors (Lipinski definition) is 4. The lowest BCUT2D eigenvalue weighted by Gasteiger charge is -2.07. The summed E-state index contributed by atoms with van der Waals surface area (Å²) in [6.45, 7) is 0. The minimum atomic E-state index is -0.0999. The van der Waals surface area contributed by atoms with Crippen LogP contribution in [-0.4, -0.2) is 20.0 Å². The quantitative estimate of drug-likeness (QED) is 0.520. The predicted molar refractivity (Wildman–Crippen MR) is 83.8 cm³/mol. The molecule has 2 rings (SSSR count). The van der Waals surface area contributed by atoms with Crippen molar-refractivity contribution < 1.29 is 14.3 Å². The molecule has 0 saturated heterocycles. The van der Waals surface area contributed by atoms with Gasteiger partial charge in [-0.2, -0.15) is 0 Å². The van der Waals surface area contributed by atoms with Crippen LogP contribution in [0, 0.1) is 0 Å². The first kappa shape index (κ1) is 14.7. The Morgan fingerprint density at radius 1 is 1.05 bits per heavy atom. The molecule has 0 radical (unpaired) electrons. The molecule has 0 aliphatic rings. The molecule has 0 atom stereocenters. The van der Waals surface area contributed by atoms with Gasteiger partial charge in [-0.25, -0.2) is 0 Å². The van der Waals surface area contributed by atoms with Gasteiger partial charge in [-0.05, 0) is 35.9 Å². The summed E-state index contributed by atoms with van der Waals surface area (Å²) in [6.07, 6.45) is 3.24. The van der Waals surface area contributed by atoms with Crippen molar-refractivity contribution in [2.45, 2.75) is 0 Å². The Bertz CT molecular complexity index is 677. The van der Waals surface area contributed by atoms with Crippen LogP contribution in [0.5, 0.6) is 11.5 Å². The molecular formula is C17H17NO3. The fourth-order valence-electron chi connectivity index (χ4n) is 1.92. The van der Waals surface area contributed by atoms with Crippen molar-refractivity contribution in [2.24, 2.45) is 0 Å². The number of hydrogen-bond donors (Lipinski definition) is 1. The highest BCUT2D eigenvalue weighted by atomic mass is 16.5. The molecule has 0 aromatic heterocycles. The average molecular weight is 283 g/mol. The number of ether oxygens (including phenoxy) is 2. The van der Waals surface area contributed by atoms with Gasteiger partial charge in [-0.15, -0.1) is 0 Å². The first-order chi connectivity index (χ1) is 10.1. The van der Waals surface area contributed by atoms with Crippen LogP contribution < -0.4 is 15.2 Å².